The van der Waals surface area contributed by atoms with Crippen LogP contribution in [-0.2, 0) is 19.5 Å². The Morgan fingerprint density at radius 3 is 2.48 bits per heavy atom. The van der Waals surface area contributed by atoms with E-state index < -0.39 is 0 Å². The van der Waals surface area contributed by atoms with Crippen molar-refractivity contribution in [2.75, 3.05) is 40.4 Å². The Morgan fingerprint density at radius 2 is 1.81 bits per heavy atom. The summed E-state index contributed by atoms with van der Waals surface area (Å²) >= 11 is 0. The van der Waals surface area contributed by atoms with Crippen LogP contribution in [0.3, 0.4) is 0 Å². The van der Waals surface area contributed by atoms with Gasteiger partial charge in [0.1, 0.15) is 5.82 Å². The van der Waals surface area contributed by atoms with Gasteiger partial charge in [-0.15, -0.1) is 24.0 Å². The molecule has 0 saturated carbocycles. The highest BCUT2D eigenvalue weighted by molar-refractivity contribution is 14.0. The van der Waals surface area contributed by atoms with Crippen LogP contribution in [0.4, 0.5) is 4.39 Å². The smallest absolute Gasteiger partial charge is 0.191 e. The van der Waals surface area contributed by atoms with Crippen molar-refractivity contribution in [1.29, 1.82) is 0 Å². The average molecular weight is 542 g/mol. The Kier molecular flexibility index (Phi) is 10.3. The molecule has 0 amide bonds. The molecule has 31 heavy (non-hydrogen) atoms. The fraction of sp³-hybridized carbons (Fsp3) is 0.435. The summed E-state index contributed by atoms with van der Waals surface area (Å²) in [7, 11) is 3.33. The molecule has 0 saturated heterocycles. The Hall–Kier alpha value is -2.07. The lowest BCUT2D eigenvalue weighted by atomic mass is 9.99. The summed E-state index contributed by atoms with van der Waals surface area (Å²) in [6, 6.07) is 10.9. The molecule has 2 N–H and O–H groups in total. The zero-order valence-electron chi connectivity index (χ0n) is 18.4. The number of guanidine groups is 1. The SMILES string of the molecule is CCNC(=NCc1ccccc1F)NCCN1CCc2cc(OC)c(OC)cc2C1.I. The Balaban J connectivity index is 0.00000341. The second kappa shape index (κ2) is 12.7. The topological polar surface area (TPSA) is 58.1 Å². The summed E-state index contributed by atoms with van der Waals surface area (Å²) in [4.78, 5) is 6.91. The molecule has 0 spiro atoms. The minimum Gasteiger partial charge on any atom is -0.493 e. The highest BCUT2D eigenvalue weighted by atomic mass is 127. The molecule has 0 aromatic heterocycles. The highest BCUT2D eigenvalue weighted by Gasteiger charge is 2.19. The second-order valence-electron chi connectivity index (χ2n) is 7.22. The minimum atomic E-state index is -0.226. The molecule has 6 nitrogen and oxygen atoms in total. The van der Waals surface area contributed by atoms with E-state index in [0.29, 0.717) is 18.1 Å². The fourth-order valence-electron chi connectivity index (χ4n) is 3.60. The molecule has 0 radical (unpaired) electrons. The molecule has 0 atom stereocenters. The third kappa shape index (κ3) is 6.96. The van der Waals surface area contributed by atoms with E-state index in [9.17, 15) is 4.39 Å². The third-order valence-corrected chi connectivity index (χ3v) is 5.23. The van der Waals surface area contributed by atoms with Gasteiger partial charge in [0, 0.05) is 38.3 Å². The van der Waals surface area contributed by atoms with E-state index in [1.54, 1.807) is 26.4 Å². The molecule has 1 heterocycles. The Bertz CT molecular complexity index is 879. The molecule has 1 aliphatic heterocycles. The maximum Gasteiger partial charge on any atom is 0.191 e. The van der Waals surface area contributed by atoms with Crippen LogP contribution in [-0.4, -0.2) is 51.3 Å². The van der Waals surface area contributed by atoms with Gasteiger partial charge in [0.15, 0.2) is 17.5 Å². The average Bonchev–Trinajstić information content (AvgIpc) is 2.77. The Labute approximate surface area is 201 Å². The normalized spacial score (nSPS) is 13.7. The lowest BCUT2D eigenvalue weighted by molar-refractivity contribution is 0.256. The molecule has 2 aromatic rings. The number of nitrogens with one attached hydrogen (secondary N) is 2. The van der Waals surface area contributed by atoms with E-state index in [1.807, 2.05) is 13.0 Å². The van der Waals surface area contributed by atoms with Gasteiger partial charge in [-0.3, -0.25) is 4.90 Å². The molecule has 0 fully saturated rings. The van der Waals surface area contributed by atoms with E-state index in [1.165, 1.54) is 17.2 Å². The molecule has 0 unspecified atom stereocenters. The van der Waals surface area contributed by atoms with Crippen molar-refractivity contribution in [3.05, 3.63) is 58.9 Å². The van der Waals surface area contributed by atoms with Crippen LogP contribution in [0.25, 0.3) is 0 Å². The number of rotatable bonds is 8. The first-order valence-electron chi connectivity index (χ1n) is 10.4. The first-order valence-corrected chi connectivity index (χ1v) is 10.4. The zero-order valence-corrected chi connectivity index (χ0v) is 20.7. The van der Waals surface area contributed by atoms with Crippen LogP contribution in [0.1, 0.15) is 23.6 Å². The Morgan fingerprint density at radius 1 is 1.10 bits per heavy atom. The first-order chi connectivity index (χ1) is 14.6. The molecule has 170 valence electrons. The lowest BCUT2D eigenvalue weighted by Crippen LogP contribution is -2.42. The predicted molar refractivity (Wildman–Crippen MR) is 133 cm³/mol. The van der Waals surface area contributed by atoms with E-state index in [4.69, 9.17) is 9.47 Å². The van der Waals surface area contributed by atoms with E-state index in [-0.39, 0.29) is 29.8 Å². The number of aliphatic imine (C=N–C) groups is 1. The van der Waals surface area contributed by atoms with Gasteiger partial charge in [0.05, 0.1) is 20.8 Å². The molecule has 0 bridgehead atoms. The van der Waals surface area contributed by atoms with Crippen molar-refractivity contribution in [1.82, 2.24) is 15.5 Å². The van der Waals surface area contributed by atoms with Gasteiger partial charge in [-0.25, -0.2) is 9.38 Å². The van der Waals surface area contributed by atoms with E-state index in [0.717, 1.165) is 50.6 Å². The number of halogens is 2. The van der Waals surface area contributed by atoms with Crippen molar-refractivity contribution in [2.24, 2.45) is 4.99 Å². The van der Waals surface area contributed by atoms with Crippen LogP contribution in [0.5, 0.6) is 11.5 Å². The summed E-state index contributed by atoms with van der Waals surface area (Å²) in [6.45, 7) is 6.59. The van der Waals surface area contributed by atoms with Gasteiger partial charge in [-0.05, 0) is 42.7 Å². The number of nitrogens with zero attached hydrogens (tertiary/aromatic N) is 2. The standard InChI is InChI=1S/C23H31FN4O2.HI/c1-4-25-23(27-15-18-7-5-6-8-20(18)24)26-10-12-28-11-9-17-13-21(29-2)22(30-3)14-19(17)16-28;/h5-8,13-14H,4,9-12,15-16H2,1-3H3,(H2,25,26,27);1H. The molecule has 1 aliphatic rings. The monoisotopic (exact) mass is 542 g/mol. The second-order valence-corrected chi connectivity index (χ2v) is 7.22. The summed E-state index contributed by atoms with van der Waals surface area (Å²) in [5.41, 5.74) is 3.18. The number of benzene rings is 2. The first kappa shape index (κ1) is 25.2. The number of methoxy groups -OCH3 is 2. The summed E-state index contributed by atoms with van der Waals surface area (Å²) < 4.78 is 24.7. The molecule has 0 aliphatic carbocycles. The van der Waals surface area contributed by atoms with Gasteiger partial charge < -0.3 is 20.1 Å². The van der Waals surface area contributed by atoms with Gasteiger partial charge in [-0.1, -0.05) is 18.2 Å². The van der Waals surface area contributed by atoms with Crippen LogP contribution in [0.2, 0.25) is 0 Å². The minimum absolute atomic E-state index is 0. The summed E-state index contributed by atoms with van der Waals surface area (Å²) in [6.07, 6.45) is 0.983. The molecule has 2 aromatic carbocycles. The quantitative estimate of drug-likeness (QED) is 0.304. The molecular weight excluding hydrogens is 510 g/mol. The van der Waals surface area contributed by atoms with Gasteiger partial charge in [0.2, 0.25) is 0 Å². The van der Waals surface area contributed by atoms with Crippen LogP contribution < -0.4 is 20.1 Å². The van der Waals surface area contributed by atoms with Crippen molar-refractivity contribution in [3.63, 3.8) is 0 Å². The van der Waals surface area contributed by atoms with Crippen molar-refractivity contribution in [3.8, 4) is 11.5 Å². The van der Waals surface area contributed by atoms with Crippen molar-refractivity contribution >= 4 is 29.9 Å². The van der Waals surface area contributed by atoms with Crippen molar-refractivity contribution in [2.45, 2.75) is 26.4 Å². The number of hydrogen-bond acceptors (Lipinski definition) is 4. The van der Waals surface area contributed by atoms with E-state index >= 15 is 0 Å². The van der Waals surface area contributed by atoms with Gasteiger partial charge in [-0.2, -0.15) is 0 Å². The lowest BCUT2D eigenvalue weighted by Gasteiger charge is -2.29. The summed E-state index contributed by atoms with van der Waals surface area (Å²) in [5, 5.41) is 6.57. The predicted octanol–water partition coefficient (Wildman–Crippen LogP) is 3.57. The third-order valence-electron chi connectivity index (χ3n) is 5.23. The summed E-state index contributed by atoms with van der Waals surface area (Å²) in [5.74, 6) is 2.03. The number of ether oxygens (including phenoxy) is 2. The molecule has 8 heteroatoms. The molecular formula is C23H32FIN4O2. The van der Waals surface area contributed by atoms with Gasteiger partial charge >= 0.3 is 0 Å². The highest BCUT2D eigenvalue weighted by Crippen LogP contribution is 2.33. The van der Waals surface area contributed by atoms with Crippen molar-refractivity contribution < 1.29 is 13.9 Å². The van der Waals surface area contributed by atoms with Gasteiger partial charge in [0.25, 0.3) is 0 Å². The van der Waals surface area contributed by atoms with Crippen LogP contribution >= 0.6 is 24.0 Å². The molecule has 3 rings (SSSR count). The maximum atomic E-state index is 13.8. The van der Waals surface area contributed by atoms with Crippen LogP contribution in [0.15, 0.2) is 41.4 Å². The fourth-order valence-corrected chi connectivity index (χ4v) is 3.60. The number of hydrogen-bond donors (Lipinski definition) is 2. The maximum absolute atomic E-state index is 13.8. The van der Waals surface area contributed by atoms with E-state index in [2.05, 4.69) is 32.7 Å². The largest absolute Gasteiger partial charge is 0.493 e. The van der Waals surface area contributed by atoms with Crippen LogP contribution in [0, 0.1) is 5.82 Å². The number of fused-ring (bicyclic) bond motifs is 1. The zero-order chi connectivity index (χ0) is 21.3.